The van der Waals surface area contributed by atoms with Gasteiger partial charge >= 0.3 is 0 Å². The minimum absolute atomic E-state index is 0.113. The number of hydrogen-bond donors (Lipinski definition) is 2. The normalized spacial score (nSPS) is 19.4. The number of ether oxygens (including phenoxy) is 1. The molecule has 0 radical (unpaired) electrons. The zero-order valence-electron chi connectivity index (χ0n) is 10.0. The summed E-state index contributed by atoms with van der Waals surface area (Å²) >= 11 is 0. The average molecular weight is 220 g/mol. The Kier molecular flexibility index (Phi) is 3.06. The summed E-state index contributed by atoms with van der Waals surface area (Å²) in [4.78, 5) is 0. The molecule has 1 aliphatic rings. The molecule has 0 bridgehead atoms. The molecule has 0 unspecified atom stereocenters. The van der Waals surface area contributed by atoms with Gasteiger partial charge in [-0.15, -0.1) is 0 Å². The highest BCUT2D eigenvalue weighted by Gasteiger charge is 2.27. The fourth-order valence-corrected chi connectivity index (χ4v) is 2.07. The SMILES string of the molecule is Cc1ccc(NC2(C)CCOCC2)c(N)c1. The van der Waals surface area contributed by atoms with Gasteiger partial charge in [-0.2, -0.15) is 0 Å². The Hall–Kier alpha value is -1.22. The number of benzene rings is 1. The third-order valence-electron chi connectivity index (χ3n) is 3.24. The minimum Gasteiger partial charge on any atom is -0.397 e. The van der Waals surface area contributed by atoms with E-state index in [0.29, 0.717) is 0 Å². The number of anilines is 2. The molecule has 1 heterocycles. The van der Waals surface area contributed by atoms with Gasteiger partial charge in [0.15, 0.2) is 0 Å². The summed E-state index contributed by atoms with van der Waals surface area (Å²) in [6, 6.07) is 6.15. The summed E-state index contributed by atoms with van der Waals surface area (Å²) in [5, 5.41) is 3.55. The molecule has 0 aliphatic carbocycles. The van der Waals surface area contributed by atoms with Crippen LogP contribution in [0, 0.1) is 6.92 Å². The molecule has 1 aliphatic heterocycles. The van der Waals surface area contributed by atoms with Crippen molar-refractivity contribution in [3.63, 3.8) is 0 Å². The topological polar surface area (TPSA) is 47.3 Å². The van der Waals surface area contributed by atoms with Crippen LogP contribution in [-0.4, -0.2) is 18.8 Å². The van der Waals surface area contributed by atoms with Crippen LogP contribution in [0.3, 0.4) is 0 Å². The summed E-state index contributed by atoms with van der Waals surface area (Å²) in [7, 11) is 0. The molecular formula is C13H20N2O. The molecular weight excluding hydrogens is 200 g/mol. The third-order valence-corrected chi connectivity index (χ3v) is 3.24. The Morgan fingerprint density at radius 3 is 2.62 bits per heavy atom. The van der Waals surface area contributed by atoms with Gasteiger partial charge in [0, 0.05) is 18.8 Å². The van der Waals surface area contributed by atoms with Gasteiger partial charge in [0.1, 0.15) is 0 Å². The molecule has 16 heavy (non-hydrogen) atoms. The number of aryl methyl sites for hydroxylation is 1. The quantitative estimate of drug-likeness (QED) is 0.753. The van der Waals surface area contributed by atoms with Crippen LogP contribution in [0.25, 0.3) is 0 Å². The lowest BCUT2D eigenvalue weighted by atomic mass is 9.92. The molecule has 0 atom stereocenters. The average Bonchev–Trinajstić information content (AvgIpc) is 2.23. The molecule has 0 saturated carbocycles. The van der Waals surface area contributed by atoms with Gasteiger partial charge in [0.25, 0.3) is 0 Å². The van der Waals surface area contributed by atoms with Crippen molar-refractivity contribution < 1.29 is 4.74 Å². The van der Waals surface area contributed by atoms with Gasteiger partial charge in [-0.3, -0.25) is 0 Å². The Morgan fingerprint density at radius 2 is 2.00 bits per heavy atom. The van der Waals surface area contributed by atoms with Gasteiger partial charge in [-0.1, -0.05) is 6.07 Å². The summed E-state index contributed by atoms with van der Waals surface area (Å²) in [6.07, 6.45) is 2.06. The second kappa shape index (κ2) is 4.34. The zero-order chi connectivity index (χ0) is 11.6. The Balaban J connectivity index is 2.13. The molecule has 1 fully saturated rings. The first kappa shape index (κ1) is 11.3. The van der Waals surface area contributed by atoms with E-state index in [1.807, 2.05) is 6.07 Å². The fourth-order valence-electron chi connectivity index (χ4n) is 2.07. The Morgan fingerprint density at radius 1 is 1.31 bits per heavy atom. The van der Waals surface area contributed by atoms with Crippen molar-refractivity contribution in [2.45, 2.75) is 32.2 Å². The number of nitrogens with one attached hydrogen (secondary N) is 1. The van der Waals surface area contributed by atoms with E-state index >= 15 is 0 Å². The molecule has 1 aromatic rings. The lowest BCUT2D eigenvalue weighted by Crippen LogP contribution is -2.40. The highest BCUT2D eigenvalue weighted by Crippen LogP contribution is 2.28. The number of hydrogen-bond acceptors (Lipinski definition) is 3. The van der Waals surface area contributed by atoms with Crippen LogP contribution in [0.4, 0.5) is 11.4 Å². The molecule has 1 aromatic carbocycles. The lowest BCUT2D eigenvalue weighted by Gasteiger charge is -2.35. The van der Waals surface area contributed by atoms with Crippen molar-refractivity contribution in [2.75, 3.05) is 24.3 Å². The van der Waals surface area contributed by atoms with Crippen molar-refractivity contribution >= 4 is 11.4 Å². The van der Waals surface area contributed by atoms with Crippen LogP contribution in [0.1, 0.15) is 25.3 Å². The number of nitrogens with two attached hydrogens (primary N) is 1. The second-order valence-electron chi connectivity index (χ2n) is 4.89. The molecule has 1 saturated heterocycles. The summed E-state index contributed by atoms with van der Waals surface area (Å²) in [6.45, 7) is 5.94. The van der Waals surface area contributed by atoms with Crippen LogP contribution < -0.4 is 11.1 Å². The molecule has 88 valence electrons. The van der Waals surface area contributed by atoms with E-state index in [2.05, 4.69) is 31.3 Å². The van der Waals surface area contributed by atoms with Gasteiger partial charge in [0.05, 0.1) is 11.4 Å². The third kappa shape index (κ3) is 2.47. The summed E-state index contributed by atoms with van der Waals surface area (Å²) in [5.41, 5.74) is 9.17. The van der Waals surface area contributed by atoms with Crippen LogP contribution in [0.5, 0.6) is 0 Å². The lowest BCUT2D eigenvalue weighted by molar-refractivity contribution is 0.0658. The predicted molar refractivity (Wildman–Crippen MR) is 67.7 cm³/mol. The Bertz CT molecular complexity index is 370. The van der Waals surface area contributed by atoms with Crippen molar-refractivity contribution in [1.82, 2.24) is 0 Å². The monoisotopic (exact) mass is 220 g/mol. The maximum absolute atomic E-state index is 6.00. The molecule has 0 amide bonds. The van der Waals surface area contributed by atoms with Gasteiger partial charge in [-0.05, 0) is 44.4 Å². The predicted octanol–water partition coefficient (Wildman–Crippen LogP) is 2.56. The smallest absolute Gasteiger partial charge is 0.0578 e. The second-order valence-corrected chi connectivity index (χ2v) is 4.89. The molecule has 2 rings (SSSR count). The molecule has 0 aromatic heterocycles. The van der Waals surface area contributed by atoms with E-state index in [0.717, 1.165) is 37.4 Å². The molecule has 3 N–H and O–H groups in total. The number of nitrogen functional groups attached to an aromatic ring is 1. The van der Waals surface area contributed by atoms with Crippen LogP contribution in [-0.2, 0) is 4.74 Å². The van der Waals surface area contributed by atoms with Crippen molar-refractivity contribution in [2.24, 2.45) is 0 Å². The fraction of sp³-hybridized carbons (Fsp3) is 0.538. The standard InChI is InChI=1S/C13H20N2O/c1-10-3-4-12(11(14)9-10)15-13(2)5-7-16-8-6-13/h3-4,9,15H,5-8,14H2,1-2H3. The highest BCUT2D eigenvalue weighted by molar-refractivity contribution is 5.67. The van der Waals surface area contributed by atoms with E-state index in [1.165, 1.54) is 5.56 Å². The van der Waals surface area contributed by atoms with E-state index in [9.17, 15) is 0 Å². The first-order valence-corrected chi connectivity index (χ1v) is 5.81. The summed E-state index contributed by atoms with van der Waals surface area (Å²) in [5.74, 6) is 0. The van der Waals surface area contributed by atoms with Crippen molar-refractivity contribution in [3.8, 4) is 0 Å². The van der Waals surface area contributed by atoms with E-state index in [-0.39, 0.29) is 5.54 Å². The van der Waals surface area contributed by atoms with Crippen LogP contribution in [0.15, 0.2) is 18.2 Å². The Labute approximate surface area is 97.0 Å². The van der Waals surface area contributed by atoms with Crippen molar-refractivity contribution in [1.29, 1.82) is 0 Å². The van der Waals surface area contributed by atoms with Crippen LogP contribution in [0.2, 0.25) is 0 Å². The largest absolute Gasteiger partial charge is 0.397 e. The first-order valence-electron chi connectivity index (χ1n) is 5.81. The van der Waals surface area contributed by atoms with E-state index in [4.69, 9.17) is 10.5 Å². The zero-order valence-corrected chi connectivity index (χ0v) is 10.0. The molecule has 0 spiro atoms. The van der Waals surface area contributed by atoms with Gasteiger partial charge in [-0.25, -0.2) is 0 Å². The van der Waals surface area contributed by atoms with Gasteiger partial charge < -0.3 is 15.8 Å². The van der Waals surface area contributed by atoms with E-state index in [1.54, 1.807) is 0 Å². The van der Waals surface area contributed by atoms with Crippen LogP contribution >= 0.6 is 0 Å². The number of rotatable bonds is 2. The van der Waals surface area contributed by atoms with Crippen molar-refractivity contribution in [3.05, 3.63) is 23.8 Å². The van der Waals surface area contributed by atoms with E-state index < -0.39 is 0 Å². The molecule has 3 heteroatoms. The maximum Gasteiger partial charge on any atom is 0.0578 e. The molecule has 3 nitrogen and oxygen atoms in total. The first-order chi connectivity index (χ1) is 7.59. The minimum atomic E-state index is 0.113. The summed E-state index contributed by atoms with van der Waals surface area (Å²) < 4.78 is 5.38. The highest BCUT2D eigenvalue weighted by atomic mass is 16.5. The van der Waals surface area contributed by atoms with Gasteiger partial charge in [0.2, 0.25) is 0 Å². The maximum atomic E-state index is 6.00.